The van der Waals surface area contributed by atoms with Gasteiger partial charge >= 0.3 is 5.97 Å². The van der Waals surface area contributed by atoms with Crippen LogP contribution in [0.15, 0.2) is 48.5 Å². The van der Waals surface area contributed by atoms with Crippen LogP contribution in [0.2, 0.25) is 0 Å². The molecule has 1 heterocycles. The van der Waals surface area contributed by atoms with Gasteiger partial charge in [0.25, 0.3) is 0 Å². The normalized spacial score (nSPS) is 10.8. The fourth-order valence-corrected chi connectivity index (χ4v) is 2.38. The zero-order valence-electron chi connectivity index (χ0n) is 10.5. The van der Waals surface area contributed by atoms with Crippen molar-refractivity contribution >= 4 is 16.9 Å². The lowest BCUT2D eigenvalue weighted by Crippen LogP contribution is -1.94. The number of aromatic carboxylic acids is 1. The number of carbonyl (C=O) groups is 1. The van der Waals surface area contributed by atoms with Crippen molar-refractivity contribution in [1.29, 1.82) is 0 Å². The van der Waals surface area contributed by atoms with Crippen molar-refractivity contribution in [2.24, 2.45) is 0 Å². The third-order valence-electron chi connectivity index (χ3n) is 3.33. The van der Waals surface area contributed by atoms with Crippen molar-refractivity contribution in [3.63, 3.8) is 0 Å². The average Bonchev–Trinajstić information content (AvgIpc) is 2.83. The summed E-state index contributed by atoms with van der Waals surface area (Å²) < 4.78 is 0. The number of aromatic nitrogens is 1. The molecule has 0 saturated heterocycles. The Balaban J connectivity index is 2.30. The van der Waals surface area contributed by atoms with Crippen LogP contribution in [0.5, 0.6) is 0 Å². The summed E-state index contributed by atoms with van der Waals surface area (Å²) in [5.41, 5.74) is 4.42. The van der Waals surface area contributed by atoms with Crippen molar-refractivity contribution in [2.45, 2.75) is 6.92 Å². The molecule has 3 aromatic rings. The Hall–Kier alpha value is -2.55. The van der Waals surface area contributed by atoms with Gasteiger partial charge in [0, 0.05) is 10.9 Å². The van der Waals surface area contributed by atoms with Crippen LogP contribution in [0.1, 0.15) is 16.1 Å². The molecule has 0 aliphatic carbocycles. The molecule has 0 spiro atoms. The molecule has 0 fully saturated rings. The number of fused-ring (bicyclic) bond motifs is 1. The topological polar surface area (TPSA) is 53.1 Å². The summed E-state index contributed by atoms with van der Waals surface area (Å²) in [5.74, 6) is -0.938. The van der Waals surface area contributed by atoms with Crippen molar-refractivity contribution < 1.29 is 9.90 Å². The molecule has 0 saturated carbocycles. The van der Waals surface area contributed by atoms with Crippen molar-refractivity contribution in [3.8, 4) is 11.1 Å². The SMILES string of the molecule is Cc1ccccc1-c1cccc2[nH]c(C(=O)O)cc12. The van der Waals surface area contributed by atoms with Gasteiger partial charge in [0.2, 0.25) is 0 Å². The second-order valence-electron chi connectivity index (χ2n) is 4.57. The van der Waals surface area contributed by atoms with E-state index in [0.717, 1.165) is 22.0 Å². The van der Waals surface area contributed by atoms with Gasteiger partial charge in [0.15, 0.2) is 0 Å². The van der Waals surface area contributed by atoms with Gasteiger partial charge in [-0.2, -0.15) is 0 Å². The molecule has 0 atom stereocenters. The van der Waals surface area contributed by atoms with Gasteiger partial charge in [-0.1, -0.05) is 36.4 Å². The number of aryl methyl sites for hydroxylation is 1. The lowest BCUT2D eigenvalue weighted by molar-refractivity contribution is 0.0691. The molecular weight excluding hydrogens is 238 g/mol. The van der Waals surface area contributed by atoms with Gasteiger partial charge in [-0.3, -0.25) is 0 Å². The van der Waals surface area contributed by atoms with Crippen LogP contribution in [-0.4, -0.2) is 16.1 Å². The third kappa shape index (κ3) is 1.89. The van der Waals surface area contributed by atoms with Gasteiger partial charge in [-0.15, -0.1) is 0 Å². The van der Waals surface area contributed by atoms with Gasteiger partial charge in [-0.25, -0.2) is 4.79 Å². The van der Waals surface area contributed by atoms with E-state index in [1.807, 2.05) is 30.3 Å². The van der Waals surface area contributed by atoms with Gasteiger partial charge in [0.05, 0.1) is 0 Å². The van der Waals surface area contributed by atoms with E-state index >= 15 is 0 Å². The molecule has 3 heteroatoms. The van der Waals surface area contributed by atoms with Crippen LogP contribution in [-0.2, 0) is 0 Å². The minimum Gasteiger partial charge on any atom is -0.477 e. The number of hydrogen-bond donors (Lipinski definition) is 2. The molecule has 0 aliphatic heterocycles. The molecule has 3 rings (SSSR count). The first-order chi connectivity index (χ1) is 9.16. The summed E-state index contributed by atoms with van der Waals surface area (Å²) in [4.78, 5) is 14.0. The highest BCUT2D eigenvalue weighted by Gasteiger charge is 2.11. The first kappa shape index (κ1) is 11.5. The van der Waals surface area contributed by atoms with Crippen LogP contribution >= 0.6 is 0 Å². The summed E-state index contributed by atoms with van der Waals surface area (Å²) in [6, 6.07) is 15.6. The van der Waals surface area contributed by atoms with Crippen LogP contribution in [0.25, 0.3) is 22.0 Å². The Kier molecular flexibility index (Phi) is 2.60. The zero-order valence-corrected chi connectivity index (χ0v) is 10.5. The monoisotopic (exact) mass is 251 g/mol. The molecule has 0 bridgehead atoms. The van der Waals surface area contributed by atoms with E-state index in [-0.39, 0.29) is 5.69 Å². The second kappa shape index (κ2) is 4.28. The summed E-state index contributed by atoms with van der Waals surface area (Å²) in [5, 5.41) is 10.0. The van der Waals surface area contributed by atoms with E-state index in [1.54, 1.807) is 6.07 Å². The van der Waals surface area contributed by atoms with Gasteiger partial charge in [-0.05, 0) is 35.7 Å². The standard InChI is InChI=1S/C16H13NO2/c1-10-5-2-3-6-11(10)12-7-4-8-14-13(12)9-15(17-14)16(18)19/h2-9,17H,1H3,(H,18,19). The molecular formula is C16H13NO2. The number of carboxylic acids is 1. The summed E-state index contributed by atoms with van der Waals surface area (Å²) in [6.45, 7) is 2.05. The van der Waals surface area contributed by atoms with Gasteiger partial charge < -0.3 is 10.1 Å². The number of aromatic amines is 1. The molecule has 0 unspecified atom stereocenters. The third-order valence-corrected chi connectivity index (χ3v) is 3.33. The summed E-state index contributed by atoms with van der Waals surface area (Å²) >= 11 is 0. The molecule has 2 aromatic carbocycles. The number of hydrogen-bond acceptors (Lipinski definition) is 1. The molecule has 0 aliphatic rings. The first-order valence-electron chi connectivity index (χ1n) is 6.08. The Morgan fingerprint density at radius 3 is 2.53 bits per heavy atom. The number of rotatable bonds is 2. The Labute approximate surface area is 110 Å². The van der Waals surface area contributed by atoms with E-state index < -0.39 is 5.97 Å². The molecule has 2 N–H and O–H groups in total. The van der Waals surface area contributed by atoms with Crippen molar-refractivity contribution in [3.05, 3.63) is 59.8 Å². The fourth-order valence-electron chi connectivity index (χ4n) is 2.38. The molecule has 1 aromatic heterocycles. The number of H-pyrrole nitrogens is 1. The predicted octanol–water partition coefficient (Wildman–Crippen LogP) is 3.84. The average molecular weight is 251 g/mol. The Morgan fingerprint density at radius 1 is 1.05 bits per heavy atom. The molecule has 3 nitrogen and oxygen atoms in total. The van der Waals surface area contributed by atoms with Crippen LogP contribution in [0.3, 0.4) is 0 Å². The van der Waals surface area contributed by atoms with E-state index in [9.17, 15) is 4.79 Å². The number of benzene rings is 2. The van der Waals surface area contributed by atoms with Crippen LogP contribution < -0.4 is 0 Å². The van der Waals surface area contributed by atoms with E-state index in [4.69, 9.17) is 5.11 Å². The first-order valence-corrected chi connectivity index (χ1v) is 6.08. The van der Waals surface area contributed by atoms with Crippen LogP contribution in [0.4, 0.5) is 0 Å². The number of nitrogens with one attached hydrogen (secondary N) is 1. The highest BCUT2D eigenvalue weighted by Crippen LogP contribution is 2.31. The maximum absolute atomic E-state index is 11.1. The predicted molar refractivity (Wildman–Crippen MR) is 75.4 cm³/mol. The highest BCUT2D eigenvalue weighted by molar-refractivity contribution is 6.01. The minimum atomic E-state index is -0.938. The number of carboxylic acid groups (broad SMARTS) is 1. The smallest absolute Gasteiger partial charge is 0.352 e. The van der Waals surface area contributed by atoms with Crippen molar-refractivity contribution in [2.75, 3.05) is 0 Å². The minimum absolute atomic E-state index is 0.219. The second-order valence-corrected chi connectivity index (χ2v) is 4.57. The van der Waals surface area contributed by atoms with E-state index in [2.05, 4.69) is 24.0 Å². The van der Waals surface area contributed by atoms with E-state index in [0.29, 0.717) is 0 Å². The molecule has 94 valence electrons. The Morgan fingerprint density at radius 2 is 1.79 bits per heavy atom. The maximum Gasteiger partial charge on any atom is 0.352 e. The molecule has 19 heavy (non-hydrogen) atoms. The largest absolute Gasteiger partial charge is 0.477 e. The maximum atomic E-state index is 11.1. The summed E-state index contributed by atoms with van der Waals surface area (Å²) in [6.07, 6.45) is 0. The van der Waals surface area contributed by atoms with Gasteiger partial charge in [0.1, 0.15) is 5.69 Å². The quantitative estimate of drug-likeness (QED) is 0.727. The molecule has 0 amide bonds. The van der Waals surface area contributed by atoms with Crippen LogP contribution in [0, 0.1) is 6.92 Å². The fraction of sp³-hybridized carbons (Fsp3) is 0.0625. The Bertz CT molecular complexity index is 771. The lowest BCUT2D eigenvalue weighted by atomic mass is 9.98. The zero-order chi connectivity index (χ0) is 13.4. The van der Waals surface area contributed by atoms with Crippen molar-refractivity contribution in [1.82, 2.24) is 4.98 Å². The lowest BCUT2D eigenvalue weighted by Gasteiger charge is -2.06. The summed E-state index contributed by atoms with van der Waals surface area (Å²) in [7, 11) is 0. The highest BCUT2D eigenvalue weighted by atomic mass is 16.4. The molecule has 0 radical (unpaired) electrons. The van der Waals surface area contributed by atoms with E-state index in [1.165, 1.54) is 5.56 Å².